The molecule has 0 unspecified atom stereocenters. The first kappa shape index (κ1) is 10.6. The van der Waals surface area contributed by atoms with Gasteiger partial charge in [-0.05, 0) is 25.3 Å². The van der Waals surface area contributed by atoms with E-state index >= 15 is 0 Å². The highest BCUT2D eigenvalue weighted by molar-refractivity contribution is 5.17. The number of benzene rings is 1. The van der Waals surface area contributed by atoms with Gasteiger partial charge in [-0.25, -0.2) is 4.39 Å². The van der Waals surface area contributed by atoms with Crippen LogP contribution in [-0.2, 0) is 6.54 Å². The molecule has 15 heavy (non-hydrogen) atoms. The van der Waals surface area contributed by atoms with Crippen LogP contribution in [-0.4, -0.2) is 17.3 Å². The molecule has 1 aromatic rings. The van der Waals surface area contributed by atoms with Crippen molar-refractivity contribution in [3.8, 4) is 0 Å². The summed E-state index contributed by atoms with van der Waals surface area (Å²) in [4.78, 5) is 0. The van der Waals surface area contributed by atoms with Crippen LogP contribution in [0.2, 0.25) is 0 Å². The summed E-state index contributed by atoms with van der Waals surface area (Å²) >= 11 is 0. The average molecular weight is 209 g/mol. The molecule has 0 heterocycles. The summed E-state index contributed by atoms with van der Waals surface area (Å²) in [6, 6.07) is 6.74. The van der Waals surface area contributed by atoms with Gasteiger partial charge in [-0.15, -0.1) is 0 Å². The number of hydrogen-bond acceptors (Lipinski definition) is 2. The van der Waals surface area contributed by atoms with Crippen LogP contribution in [0.15, 0.2) is 24.3 Å². The lowest BCUT2D eigenvalue weighted by Crippen LogP contribution is -2.53. The van der Waals surface area contributed by atoms with Crippen LogP contribution in [0.25, 0.3) is 0 Å². The fraction of sp³-hybridized carbons (Fsp3) is 0.500. The van der Waals surface area contributed by atoms with Gasteiger partial charge >= 0.3 is 0 Å². The molecule has 0 bridgehead atoms. The fourth-order valence-electron chi connectivity index (χ4n) is 1.92. The van der Waals surface area contributed by atoms with Crippen LogP contribution in [0, 0.1) is 5.82 Å². The lowest BCUT2D eigenvalue weighted by Gasteiger charge is -2.41. The highest BCUT2D eigenvalue weighted by atomic mass is 19.1. The van der Waals surface area contributed by atoms with E-state index in [2.05, 4.69) is 5.32 Å². The molecule has 0 amide bonds. The van der Waals surface area contributed by atoms with Crippen molar-refractivity contribution in [3.63, 3.8) is 0 Å². The molecule has 0 atom stereocenters. The Balaban J connectivity index is 1.95. The quantitative estimate of drug-likeness (QED) is 0.793. The zero-order chi connectivity index (χ0) is 10.7. The molecular formula is C12H16FNO. The van der Waals surface area contributed by atoms with E-state index in [9.17, 15) is 9.50 Å². The Kier molecular flexibility index (Phi) is 3.03. The van der Waals surface area contributed by atoms with Gasteiger partial charge in [0.1, 0.15) is 5.82 Å². The van der Waals surface area contributed by atoms with Crippen LogP contribution in [0.3, 0.4) is 0 Å². The Morgan fingerprint density at radius 1 is 1.33 bits per heavy atom. The minimum atomic E-state index is -0.183. The molecule has 2 nitrogen and oxygen atoms in total. The second-order valence-corrected chi connectivity index (χ2v) is 4.24. The first-order valence-corrected chi connectivity index (χ1v) is 5.35. The summed E-state index contributed by atoms with van der Waals surface area (Å²) in [5, 5.41) is 12.5. The van der Waals surface area contributed by atoms with E-state index < -0.39 is 0 Å². The second-order valence-electron chi connectivity index (χ2n) is 4.24. The topological polar surface area (TPSA) is 32.3 Å². The van der Waals surface area contributed by atoms with Gasteiger partial charge in [0, 0.05) is 17.6 Å². The smallest absolute Gasteiger partial charge is 0.127 e. The van der Waals surface area contributed by atoms with Crippen molar-refractivity contribution in [1.82, 2.24) is 5.32 Å². The maximum Gasteiger partial charge on any atom is 0.127 e. The van der Waals surface area contributed by atoms with Gasteiger partial charge in [0.15, 0.2) is 0 Å². The van der Waals surface area contributed by atoms with Crippen LogP contribution in [0.5, 0.6) is 0 Å². The molecule has 82 valence electrons. The SMILES string of the molecule is OCC1(NCc2ccccc2F)CCC1. The highest BCUT2D eigenvalue weighted by Crippen LogP contribution is 2.31. The summed E-state index contributed by atoms with van der Waals surface area (Å²) in [7, 11) is 0. The molecule has 1 aromatic carbocycles. The number of nitrogens with one attached hydrogen (secondary N) is 1. The van der Waals surface area contributed by atoms with Crippen LogP contribution in [0.1, 0.15) is 24.8 Å². The van der Waals surface area contributed by atoms with Gasteiger partial charge in [0.2, 0.25) is 0 Å². The molecule has 1 fully saturated rings. The minimum absolute atomic E-state index is 0.140. The third-order valence-electron chi connectivity index (χ3n) is 3.23. The predicted octanol–water partition coefficient (Wildman–Crippen LogP) is 1.83. The summed E-state index contributed by atoms with van der Waals surface area (Å²) < 4.78 is 13.3. The van der Waals surface area contributed by atoms with Crippen LogP contribution >= 0.6 is 0 Å². The van der Waals surface area contributed by atoms with Crippen LogP contribution in [0.4, 0.5) is 4.39 Å². The van der Waals surface area contributed by atoms with Gasteiger partial charge in [-0.2, -0.15) is 0 Å². The van der Waals surface area contributed by atoms with E-state index in [1.54, 1.807) is 12.1 Å². The molecule has 0 radical (unpaired) electrons. The lowest BCUT2D eigenvalue weighted by atomic mass is 9.77. The van der Waals surface area contributed by atoms with E-state index in [1.165, 1.54) is 6.07 Å². The van der Waals surface area contributed by atoms with Crippen molar-refractivity contribution in [2.45, 2.75) is 31.3 Å². The van der Waals surface area contributed by atoms with E-state index in [1.807, 2.05) is 6.07 Å². The Morgan fingerprint density at radius 2 is 2.07 bits per heavy atom. The van der Waals surface area contributed by atoms with E-state index in [0.29, 0.717) is 12.1 Å². The maximum atomic E-state index is 13.3. The van der Waals surface area contributed by atoms with Crippen molar-refractivity contribution in [1.29, 1.82) is 0 Å². The fourth-order valence-corrected chi connectivity index (χ4v) is 1.92. The molecular weight excluding hydrogens is 193 g/mol. The summed E-state index contributed by atoms with van der Waals surface area (Å²) in [6.07, 6.45) is 3.11. The Morgan fingerprint density at radius 3 is 2.60 bits per heavy atom. The standard InChI is InChI=1S/C12H16FNO/c13-11-5-2-1-4-10(11)8-14-12(9-15)6-3-7-12/h1-2,4-5,14-15H,3,6-9H2. The van der Waals surface area contributed by atoms with Gasteiger partial charge in [-0.1, -0.05) is 18.2 Å². The Bertz CT molecular complexity index is 331. The highest BCUT2D eigenvalue weighted by Gasteiger charge is 2.35. The molecule has 0 spiro atoms. The third kappa shape index (κ3) is 2.19. The predicted molar refractivity (Wildman–Crippen MR) is 56.9 cm³/mol. The van der Waals surface area contributed by atoms with Crippen molar-refractivity contribution in [2.75, 3.05) is 6.61 Å². The first-order chi connectivity index (χ1) is 7.26. The lowest BCUT2D eigenvalue weighted by molar-refractivity contribution is 0.0869. The zero-order valence-electron chi connectivity index (χ0n) is 8.67. The molecule has 1 aliphatic carbocycles. The maximum absolute atomic E-state index is 13.3. The minimum Gasteiger partial charge on any atom is -0.394 e. The van der Waals surface area contributed by atoms with E-state index in [4.69, 9.17) is 0 Å². The van der Waals surface area contributed by atoms with Gasteiger partial charge in [-0.3, -0.25) is 0 Å². The number of hydrogen-bond donors (Lipinski definition) is 2. The van der Waals surface area contributed by atoms with Gasteiger partial charge < -0.3 is 10.4 Å². The van der Waals surface area contributed by atoms with Crippen molar-refractivity contribution in [3.05, 3.63) is 35.6 Å². The third-order valence-corrected chi connectivity index (χ3v) is 3.23. The van der Waals surface area contributed by atoms with Gasteiger partial charge in [0.25, 0.3) is 0 Å². The molecule has 2 N–H and O–H groups in total. The largest absolute Gasteiger partial charge is 0.394 e. The molecule has 0 saturated heterocycles. The number of aliphatic hydroxyl groups is 1. The molecule has 3 heteroatoms. The van der Waals surface area contributed by atoms with Crippen molar-refractivity contribution >= 4 is 0 Å². The van der Waals surface area contributed by atoms with Crippen LogP contribution < -0.4 is 5.32 Å². The normalized spacial score (nSPS) is 18.5. The van der Waals surface area contributed by atoms with Gasteiger partial charge in [0.05, 0.1) is 6.61 Å². The Labute approximate surface area is 89.1 Å². The molecule has 1 saturated carbocycles. The van der Waals surface area contributed by atoms with E-state index in [-0.39, 0.29) is 18.0 Å². The molecule has 2 rings (SSSR count). The molecule has 0 aliphatic heterocycles. The number of halogens is 1. The number of aliphatic hydroxyl groups excluding tert-OH is 1. The molecule has 1 aliphatic rings. The molecule has 0 aromatic heterocycles. The Hall–Kier alpha value is -0.930. The average Bonchev–Trinajstić information content (AvgIpc) is 2.19. The summed E-state index contributed by atoms with van der Waals surface area (Å²) in [5.74, 6) is -0.183. The van der Waals surface area contributed by atoms with Crippen molar-refractivity contribution in [2.24, 2.45) is 0 Å². The van der Waals surface area contributed by atoms with E-state index in [0.717, 1.165) is 19.3 Å². The second kappa shape index (κ2) is 4.29. The first-order valence-electron chi connectivity index (χ1n) is 5.35. The zero-order valence-corrected chi connectivity index (χ0v) is 8.67. The number of rotatable bonds is 4. The monoisotopic (exact) mass is 209 g/mol. The summed E-state index contributed by atoms with van der Waals surface area (Å²) in [5.41, 5.74) is 0.514. The summed E-state index contributed by atoms with van der Waals surface area (Å²) in [6.45, 7) is 0.634. The van der Waals surface area contributed by atoms with Crippen molar-refractivity contribution < 1.29 is 9.50 Å².